The lowest BCUT2D eigenvalue weighted by Gasteiger charge is -2.08. The van der Waals surface area contributed by atoms with Crippen molar-refractivity contribution < 1.29 is 22.5 Å². The second-order valence-corrected chi connectivity index (χ2v) is 8.59. The summed E-state index contributed by atoms with van der Waals surface area (Å²) in [4.78, 5) is 20.3. The lowest BCUT2D eigenvalue weighted by Crippen LogP contribution is -2.15. The van der Waals surface area contributed by atoms with Crippen LogP contribution >= 0.6 is 0 Å². The molecule has 2 aromatic heterocycles. The molecule has 0 atom stereocenters. The van der Waals surface area contributed by atoms with Crippen molar-refractivity contribution in [2.24, 2.45) is 0 Å². The number of amides is 1. The molecular formula is C22H19N5O5S. The third kappa shape index (κ3) is 5.71. The summed E-state index contributed by atoms with van der Waals surface area (Å²) in [5, 5.41) is 6.34. The van der Waals surface area contributed by atoms with Gasteiger partial charge in [-0.3, -0.25) is 4.79 Å². The van der Waals surface area contributed by atoms with Gasteiger partial charge >= 0.3 is 0 Å². The summed E-state index contributed by atoms with van der Waals surface area (Å²) in [6.45, 7) is 2.01. The van der Waals surface area contributed by atoms with Crippen molar-refractivity contribution in [2.45, 2.75) is 18.4 Å². The zero-order valence-electron chi connectivity index (χ0n) is 17.4. The molecule has 4 aromatic rings. The van der Waals surface area contributed by atoms with Crippen LogP contribution in [-0.2, 0) is 16.6 Å². The van der Waals surface area contributed by atoms with E-state index in [1.165, 1.54) is 36.5 Å². The van der Waals surface area contributed by atoms with Gasteiger partial charge in [-0.15, -0.1) is 0 Å². The highest BCUT2D eigenvalue weighted by Crippen LogP contribution is 2.19. The molecule has 1 amide bonds. The number of rotatable bonds is 8. The lowest BCUT2D eigenvalue weighted by molar-refractivity contribution is 0.0987. The average molecular weight is 465 g/mol. The quantitative estimate of drug-likeness (QED) is 0.404. The number of sulfonamides is 1. The second kappa shape index (κ2) is 9.49. The van der Waals surface area contributed by atoms with E-state index in [0.29, 0.717) is 11.4 Å². The summed E-state index contributed by atoms with van der Waals surface area (Å²) in [6, 6.07) is 18.1. The van der Waals surface area contributed by atoms with Crippen LogP contribution < -0.4 is 14.8 Å². The first-order valence-electron chi connectivity index (χ1n) is 9.76. The molecule has 0 bridgehead atoms. The molecule has 11 heteroatoms. The standard InChI is InChI=1S/C22H19N5O5S/c1-15-11-12-23-22(24-15)27-33(29,30)18-9-7-17(8-10-18)25-21(28)19-13-20(26-32-19)31-14-16-5-3-2-4-6-16/h2-13H,14H2,1H3,(H,25,28)(H,23,24,27). The van der Waals surface area contributed by atoms with Gasteiger partial charge in [0.1, 0.15) is 6.61 Å². The number of benzene rings is 2. The molecule has 0 aliphatic rings. The predicted molar refractivity (Wildman–Crippen MR) is 119 cm³/mol. The molecule has 4 rings (SSSR count). The Morgan fingerprint density at radius 3 is 2.55 bits per heavy atom. The lowest BCUT2D eigenvalue weighted by atomic mass is 10.2. The number of nitrogens with one attached hydrogen (secondary N) is 2. The van der Waals surface area contributed by atoms with Crippen molar-refractivity contribution in [1.29, 1.82) is 0 Å². The van der Waals surface area contributed by atoms with Crippen LogP contribution in [-0.4, -0.2) is 29.4 Å². The number of nitrogens with zero attached hydrogens (tertiary/aromatic N) is 3. The maximum Gasteiger partial charge on any atom is 0.294 e. The zero-order chi connectivity index (χ0) is 23.3. The molecule has 0 aliphatic carbocycles. The minimum atomic E-state index is -3.89. The van der Waals surface area contributed by atoms with E-state index in [4.69, 9.17) is 9.26 Å². The number of hydrogen-bond acceptors (Lipinski definition) is 8. The van der Waals surface area contributed by atoms with Gasteiger partial charge in [0.25, 0.3) is 21.8 Å². The Bertz CT molecular complexity index is 1360. The molecule has 0 saturated carbocycles. The van der Waals surface area contributed by atoms with Gasteiger partial charge in [0.05, 0.1) is 11.0 Å². The third-order valence-electron chi connectivity index (χ3n) is 4.38. The van der Waals surface area contributed by atoms with E-state index in [-0.39, 0.29) is 29.1 Å². The highest BCUT2D eigenvalue weighted by Gasteiger charge is 2.17. The van der Waals surface area contributed by atoms with Crippen LogP contribution in [0.3, 0.4) is 0 Å². The van der Waals surface area contributed by atoms with Gasteiger partial charge in [0.15, 0.2) is 0 Å². The Balaban J connectivity index is 1.36. The summed E-state index contributed by atoms with van der Waals surface area (Å²) >= 11 is 0. The van der Waals surface area contributed by atoms with Crippen molar-refractivity contribution in [3.05, 3.63) is 89.9 Å². The highest BCUT2D eigenvalue weighted by molar-refractivity contribution is 7.92. The fraction of sp³-hybridized carbons (Fsp3) is 0.0909. The molecule has 10 nitrogen and oxygen atoms in total. The van der Waals surface area contributed by atoms with Crippen molar-refractivity contribution >= 4 is 27.6 Å². The molecule has 2 aromatic carbocycles. The fourth-order valence-corrected chi connectivity index (χ4v) is 3.70. The number of aromatic nitrogens is 3. The van der Waals surface area contributed by atoms with E-state index in [1.54, 1.807) is 13.0 Å². The Morgan fingerprint density at radius 1 is 1.06 bits per heavy atom. The molecular weight excluding hydrogens is 446 g/mol. The largest absolute Gasteiger partial charge is 0.471 e. The molecule has 2 heterocycles. The van der Waals surface area contributed by atoms with Crippen molar-refractivity contribution in [3.8, 4) is 5.88 Å². The van der Waals surface area contributed by atoms with Crippen molar-refractivity contribution in [1.82, 2.24) is 15.1 Å². The van der Waals surface area contributed by atoms with Gasteiger partial charge in [-0.25, -0.2) is 23.1 Å². The molecule has 168 valence electrons. The number of aryl methyl sites for hydroxylation is 1. The number of hydrogen-bond donors (Lipinski definition) is 2. The maximum absolute atomic E-state index is 12.5. The van der Waals surface area contributed by atoms with E-state index < -0.39 is 15.9 Å². The van der Waals surface area contributed by atoms with Gasteiger partial charge in [0.2, 0.25) is 11.7 Å². The van der Waals surface area contributed by atoms with Crippen LogP contribution in [0.15, 0.2) is 82.3 Å². The third-order valence-corrected chi connectivity index (χ3v) is 5.73. The first-order valence-corrected chi connectivity index (χ1v) is 11.2. The van der Waals surface area contributed by atoms with Gasteiger partial charge < -0.3 is 14.6 Å². The van der Waals surface area contributed by atoms with Crippen LogP contribution in [0, 0.1) is 6.92 Å². The molecule has 0 unspecified atom stereocenters. The molecule has 2 N–H and O–H groups in total. The van der Waals surface area contributed by atoms with Crippen LogP contribution in [0.5, 0.6) is 5.88 Å². The molecule has 33 heavy (non-hydrogen) atoms. The predicted octanol–water partition coefficient (Wildman–Crippen LogP) is 3.41. The van der Waals surface area contributed by atoms with E-state index in [2.05, 4.69) is 25.2 Å². The maximum atomic E-state index is 12.5. The molecule has 0 spiro atoms. The van der Waals surface area contributed by atoms with E-state index >= 15 is 0 Å². The number of anilines is 2. The van der Waals surface area contributed by atoms with Gasteiger partial charge in [-0.1, -0.05) is 30.3 Å². The van der Waals surface area contributed by atoms with Crippen LogP contribution in [0.1, 0.15) is 21.8 Å². The van der Waals surface area contributed by atoms with Gasteiger partial charge in [-0.05, 0) is 48.0 Å². The summed E-state index contributed by atoms with van der Waals surface area (Å²) in [5.74, 6) is -0.454. The summed E-state index contributed by atoms with van der Waals surface area (Å²) in [7, 11) is -3.89. The van der Waals surface area contributed by atoms with Gasteiger partial charge in [0, 0.05) is 17.6 Å². The van der Waals surface area contributed by atoms with E-state index in [1.807, 2.05) is 30.3 Å². The first kappa shape index (κ1) is 22.0. The molecule has 0 aliphatic heterocycles. The Morgan fingerprint density at radius 2 is 1.82 bits per heavy atom. The molecule has 0 saturated heterocycles. The van der Waals surface area contributed by atoms with Crippen molar-refractivity contribution in [3.63, 3.8) is 0 Å². The summed E-state index contributed by atoms with van der Waals surface area (Å²) in [6.07, 6.45) is 1.46. The van der Waals surface area contributed by atoms with Crippen LogP contribution in [0.25, 0.3) is 0 Å². The Labute approximate surface area is 189 Å². The summed E-state index contributed by atoms with van der Waals surface area (Å²) < 4.78 is 37.9. The number of ether oxygens (including phenoxy) is 1. The van der Waals surface area contributed by atoms with Crippen LogP contribution in [0.2, 0.25) is 0 Å². The highest BCUT2D eigenvalue weighted by atomic mass is 32.2. The molecule has 0 radical (unpaired) electrons. The Hall–Kier alpha value is -4.25. The normalized spacial score (nSPS) is 11.1. The first-order chi connectivity index (χ1) is 15.9. The van der Waals surface area contributed by atoms with E-state index in [0.717, 1.165) is 5.56 Å². The monoisotopic (exact) mass is 465 g/mol. The molecule has 0 fully saturated rings. The number of carbonyl (C=O) groups is 1. The topological polar surface area (TPSA) is 136 Å². The Kier molecular flexibility index (Phi) is 6.31. The van der Waals surface area contributed by atoms with Crippen molar-refractivity contribution in [2.75, 3.05) is 10.0 Å². The SMILES string of the molecule is Cc1ccnc(NS(=O)(=O)c2ccc(NC(=O)c3cc(OCc4ccccc4)no3)cc2)n1. The zero-order valence-corrected chi connectivity index (χ0v) is 18.2. The minimum absolute atomic E-state index is 0.0122. The number of carbonyl (C=O) groups excluding carboxylic acids is 1. The average Bonchev–Trinajstić information content (AvgIpc) is 3.28. The van der Waals surface area contributed by atoms with E-state index in [9.17, 15) is 13.2 Å². The van der Waals surface area contributed by atoms with Gasteiger partial charge in [-0.2, -0.15) is 0 Å². The summed E-state index contributed by atoms with van der Waals surface area (Å²) in [5.41, 5.74) is 1.95. The van der Waals surface area contributed by atoms with Crippen LogP contribution in [0.4, 0.5) is 11.6 Å². The second-order valence-electron chi connectivity index (χ2n) is 6.91. The fourth-order valence-electron chi connectivity index (χ4n) is 2.75. The smallest absolute Gasteiger partial charge is 0.294 e. The minimum Gasteiger partial charge on any atom is -0.471 e.